The third-order valence-corrected chi connectivity index (χ3v) is 5.22. The summed E-state index contributed by atoms with van der Waals surface area (Å²) in [5.74, 6) is 1.99. The molecule has 1 fully saturated rings. The Hall–Kier alpha value is -0.710. The quantitative estimate of drug-likeness (QED) is 0.868. The molecule has 1 aromatic rings. The van der Waals surface area contributed by atoms with E-state index in [1.54, 1.807) is 7.11 Å². The molecule has 1 heterocycles. The molecule has 0 saturated carbocycles. The number of ether oxygens (including phenoxy) is 2. The lowest BCUT2D eigenvalue weighted by atomic mass is 10.1. The molecular formula is C15H23NO2S. The normalized spacial score (nSPS) is 24.4. The fraction of sp³-hybridized carbons (Fsp3) is 0.600. The van der Waals surface area contributed by atoms with Crippen molar-refractivity contribution in [3.8, 4) is 5.75 Å². The molecule has 2 rings (SSSR count). The van der Waals surface area contributed by atoms with Crippen molar-refractivity contribution in [2.75, 3.05) is 26.5 Å². The summed E-state index contributed by atoms with van der Waals surface area (Å²) >= 11 is 2.00. The van der Waals surface area contributed by atoms with Gasteiger partial charge in [-0.3, -0.25) is 0 Å². The minimum Gasteiger partial charge on any atom is -0.496 e. The second-order valence-electron chi connectivity index (χ2n) is 4.82. The van der Waals surface area contributed by atoms with Gasteiger partial charge in [0.15, 0.2) is 0 Å². The molecule has 1 N–H and O–H groups in total. The lowest BCUT2D eigenvalue weighted by Gasteiger charge is -2.21. The molecule has 0 bridgehead atoms. The third-order valence-electron chi connectivity index (χ3n) is 3.65. The number of methoxy groups -OCH3 is 1. The maximum absolute atomic E-state index is 5.62. The number of para-hydroxylation sites is 1. The van der Waals surface area contributed by atoms with Crippen LogP contribution < -0.4 is 10.1 Å². The minimum atomic E-state index is 0.314. The molecule has 19 heavy (non-hydrogen) atoms. The Morgan fingerprint density at radius 2 is 2.26 bits per heavy atom. The van der Waals surface area contributed by atoms with Crippen LogP contribution in [0.5, 0.6) is 5.75 Å². The van der Waals surface area contributed by atoms with E-state index in [-0.39, 0.29) is 0 Å². The van der Waals surface area contributed by atoms with E-state index in [0.29, 0.717) is 17.4 Å². The lowest BCUT2D eigenvalue weighted by Crippen LogP contribution is -2.22. The Morgan fingerprint density at radius 1 is 1.47 bits per heavy atom. The Bertz CT molecular complexity index is 399. The largest absolute Gasteiger partial charge is 0.496 e. The third kappa shape index (κ3) is 3.65. The van der Waals surface area contributed by atoms with E-state index in [9.17, 15) is 0 Å². The van der Waals surface area contributed by atoms with Gasteiger partial charge in [-0.1, -0.05) is 18.2 Å². The molecule has 3 unspecified atom stereocenters. The monoisotopic (exact) mass is 281 g/mol. The average molecular weight is 281 g/mol. The zero-order valence-electron chi connectivity index (χ0n) is 11.9. The first-order chi connectivity index (χ1) is 9.26. The van der Waals surface area contributed by atoms with Crippen molar-refractivity contribution in [3.05, 3.63) is 29.8 Å². The molecule has 1 aromatic carbocycles. The summed E-state index contributed by atoms with van der Waals surface area (Å²) in [5, 5.41) is 4.01. The van der Waals surface area contributed by atoms with Crippen LogP contribution in [0.3, 0.4) is 0 Å². The maximum atomic E-state index is 5.62. The topological polar surface area (TPSA) is 30.5 Å². The second-order valence-corrected chi connectivity index (χ2v) is 6.09. The zero-order valence-corrected chi connectivity index (χ0v) is 12.7. The highest BCUT2D eigenvalue weighted by molar-refractivity contribution is 8.00. The Kier molecular flexibility index (Phi) is 5.55. The number of hydrogen-bond donors (Lipinski definition) is 1. The van der Waals surface area contributed by atoms with E-state index in [1.165, 1.54) is 5.56 Å². The van der Waals surface area contributed by atoms with Crippen LogP contribution in [-0.2, 0) is 4.74 Å². The molecule has 3 nitrogen and oxygen atoms in total. The molecule has 4 heteroatoms. The summed E-state index contributed by atoms with van der Waals surface area (Å²) in [6.45, 7) is 3.07. The number of thioether (sulfide) groups is 1. The van der Waals surface area contributed by atoms with Crippen molar-refractivity contribution in [1.82, 2.24) is 5.32 Å². The van der Waals surface area contributed by atoms with Gasteiger partial charge >= 0.3 is 0 Å². The van der Waals surface area contributed by atoms with Crippen LogP contribution in [-0.4, -0.2) is 37.9 Å². The molecule has 0 aromatic heterocycles. The van der Waals surface area contributed by atoms with Crippen molar-refractivity contribution < 1.29 is 9.47 Å². The highest BCUT2D eigenvalue weighted by Gasteiger charge is 2.26. The van der Waals surface area contributed by atoms with Gasteiger partial charge < -0.3 is 14.8 Å². The fourth-order valence-corrected chi connectivity index (χ4v) is 3.83. The molecule has 3 atom stereocenters. The minimum absolute atomic E-state index is 0.314. The maximum Gasteiger partial charge on any atom is 0.123 e. The summed E-state index contributed by atoms with van der Waals surface area (Å²) in [7, 11) is 3.73. The van der Waals surface area contributed by atoms with Crippen LogP contribution in [0.4, 0.5) is 0 Å². The molecule has 0 amide bonds. The Balaban J connectivity index is 1.99. The first kappa shape index (κ1) is 14.7. The van der Waals surface area contributed by atoms with Crippen molar-refractivity contribution in [1.29, 1.82) is 0 Å². The van der Waals surface area contributed by atoms with Gasteiger partial charge in [-0.05, 0) is 26.5 Å². The number of rotatable bonds is 6. The summed E-state index contributed by atoms with van der Waals surface area (Å²) < 4.78 is 11.1. The van der Waals surface area contributed by atoms with Gasteiger partial charge in [0.1, 0.15) is 5.75 Å². The van der Waals surface area contributed by atoms with Crippen molar-refractivity contribution in [3.63, 3.8) is 0 Å². The lowest BCUT2D eigenvalue weighted by molar-refractivity contribution is 0.127. The van der Waals surface area contributed by atoms with Crippen LogP contribution in [0.2, 0.25) is 0 Å². The van der Waals surface area contributed by atoms with Crippen LogP contribution in [0.1, 0.15) is 24.9 Å². The molecule has 1 aliphatic heterocycles. The van der Waals surface area contributed by atoms with Gasteiger partial charge in [0.25, 0.3) is 0 Å². The van der Waals surface area contributed by atoms with Gasteiger partial charge in [0.05, 0.1) is 13.2 Å². The molecule has 1 saturated heterocycles. The van der Waals surface area contributed by atoms with Gasteiger partial charge in [-0.2, -0.15) is 11.8 Å². The van der Waals surface area contributed by atoms with Crippen molar-refractivity contribution >= 4 is 11.8 Å². The predicted octanol–water partition coefficient (Wildman–Crippen LogP) is 2.87. The van der Waals surface area contributed by atoms with E-state index < -0.39 is 0 Å². The van der Waals surface area contributed by atoms with Crippen molar-refractivity contribution in [2.24, 2.45) is 0 Å². The average Bonchev–Trinajstić information content (AvgIpc) is 2.85. The summed E-state index contributed by atoms with van der Waals surface area (Å²) in [6, 6.07) is 8.54. The molecule has 1 aliphatic rings. The fourth-order valence-electron chi connectivity index (χ4n) is 2.43. The predicted molar refractivity (Wildman–Crippen MR) is 81.1 cm³/mol. The SMILES string of the molecule is CNC(CSC1CCOC1C)c1ccccc1OC. The highest BCUT2D eigenvalue weighted by Crippen LogP contribution is 2.32. The van der Waals surface area contributed by atoms with E-state index >= 15 is 0 Å². The molecule has 0 spiro atoms. The van der Waals surface area contributed by atoms with Crippen LogP contribution in [0, 0.1) is 0 Å². The Morgan fingerprint density at radius 3 is 2.89 bits per heavy atom. The van der Waals surface area contributed by atoms with E-state index in [0.717, 1.165) is 24.5 Å². The molecule has 106 valence electrons. The van der Waals surface area contributed by atoms with Crippen molar-refractivity contribution in [2.45, 2.75) is 30.7 Å². The summed E-state index contributed by atoms with van der Waals surface area (Å²) in [4.78, 5) is 0. The van der Waals surface area contributed by atoms with E-state index in [1.807, 2.05) is 30.9 Å². The number of benzene rings is 1. The molecule has 0 radical (unpaired) electrons. The van der Waals surface area contributed by atoms with E-state index in [4.69, 9.17) is 9.47 Å². The molecule has 0 aliphatic carbocycles. The first-order valence-electron chi connectivity index (χ1n) is 6.79. The van der Waals surface area contributed by atoms with Crippen LogP contribution >= 0.6 is 11.8 Å². The summed E-state index contributed by atoms with van der Waals surface area (Å²) in [5.41, 5.74) is 1.23. The number of hydrogen-bond acceptors (Lipinski definition) is 4. The smallest absolute Gasteiger partial charge is 0.123 e. The first-order valence-corrected chi connectivity index (χ1v) is 7.84. The number of nitrogens with one attached hydrogen (secondary N) is 1. The van der Waals surface area contributed by atoms with Gasteiger partial charge in [0, 0.05) is 29.2 Å². The summed E-state index contributed by atoms with van der Waals surface area (Å²) in [6.07, 6.45) is 1.54. The molecular weight excluding hydrogens is 258 g/mol. The van der Waals surface area contributed by atoms with E-state index in [2.05, 4.69) is 24.4 Å². The Labute approximate surface area is 120 Å². The van der Waals surface area contributed by atoms with Crippen LogP contribution in [0.15, 0.2) is 24.3 Å². The standard InChI is InChI=1S/C15H23NO2S/c1-11-15(8-9-18-11)19-10-13(16-2)12-6-4-5-7-14(12)17-3/h4-7,11,13,15-16H,8-10H2,1-3H3. The van der Waals surface area contributed by atoms with Gasteiger partial charge in [-0.25, -0.2) is 0 Å². The second kappa shape index (κ2) is 7.17. The zero-order chi connectivity index (χ0) is 13.7. The van der Waals surface area contributed by atoms with Gasteiger partial charge in [-0.15, -0.1) is 0 Å². The van der Waals surface area contributed by atoms with Gasteiger partial charge in [0.2, 0.25) is 0 Å². The highest BCUT2D eigenvalue weighted by atomic mass is 32.2. The van der Waals surface area contributed by atoms with Crippen LogP contribution in [0.25, 0.3) is 0 Å².